The van der Waals surface area contributed by atoms with Crippen molar-refractivity contribution in [1.82, 2.24) is 10.2 Å². The molecule has 0 saturated carbocycles. The summed E-state index contributed by atoms with van der Waals surface area (Å²) in [6.45, 7) is 2.34. The van der Waals surface area contributed by atoms with Gasteiger partial charge in [-0.25, -0.2) is 0 Å². The van der Waals surface area contributed by atoms with Gasteiger partial charge in [0.25, 0.3) is 0 Å². The minimum atomic E-state index is -0.0310. The molecule has 1 fully saturated rings. The highest BCUT2D eigenvalue weighted by atomic mass is 35.5. The van der Waals surface area contributed by atoms with Gasteiger partial charge in [0.1, 0.15) is 6.29 Å². The molecule has 1 aromatic carbocycles. The van der Waals surface area contributed by atoms with Crippen LogP contribution in [0.2, 0.25) is 5.02 Å². The van der Waals surface area contributed by atoms with Crippen molar-refractivity contribution >= 4 is 23.8 Å². The smallest absolute Gasteiger partial charge is 0.234 e. The van der Waals surface area contributed by atoms with Gasteiger partial charge < -0.3 is 10.1 Å². The van der Waals surface area contributed by atoms with Gasteiger partial charge in [0.2, 0.25) is 5.91 Å². The molecule has 108 valence electrons. The Morgan fingerprint density at radius 1 is 1.45 bits per heavy atom. The second-order valence-electron chi connectivity index (χ2n) is 5.14. The molecule has 0 aliphatic carbocycles. The third-order valence-electron chi connectivity index (χ3n) is 3.54. The molecule has 0 spiro atoms. The lowest BCUT2D eigenvalue weighted by Crippen LogP contribution is -2.42. The van der Waals surface area contributed by atoms with Crippen molar-refractivity contribution in [2.24, 2.45) is 5.92 Å². The van der Waals surface area contributed by atoms with E-state index in [1.165, 1.54) is 0 Å². The maximum Gasteiger partial charge on any atom is 0.234 e. The van der Waals surface area contributed by atoms with Crippen LogP contribution in [0.5, 0.6) is 0 Å². The van der Waals surface area contributed by atoms with E-state index in [-0.39, 0.29) is 11.8 Å². The van der Waals surface area contributed by atoms with Crippen LogP contribution in [0.15, 0.2) is 24.3 Å². The molecule has 1 saturated heterocycles. The van der Waals surface area contributed by atoms with E-state index in [2.05, 4.69) is 5.32 Å². The number of amides is 1. The fourth-order valence-electron chi connectivity index (χ4n) is 2.44. The zero-order valence-corrected chi connectivity index (χ0v) is 12.1. The average molecular weight is 295 g/mol. The second kappa shape index (κ2) is 7.41. The van der Waals surface area contributed by atoms with Crippen molar-refractivity contribution in [2.75, 3.05) is 19.6 Å². The number of rotatable bonds is 5. The monoisotopic (exact) mass is 294 g/mol. The van der Waals surface area contributed by atoms with Crippen LogP contribution in [0, 0.1) is 5.92 Å². The van der Waals surface area contributed by atoms with Crippen molar-refractivity contribution in [3.05, 3.63) is 34.9 Å². The highest BCUT2D eigenvalue weighted by Gasteiger charge is 2.20. The number of hydrogen-bond acceptors (Lipinski definition) is 3. The van der Waals surface area contributed by atoms with Gasteiger partial charge in [-0.15, -0.1) is 0 Å². The van der Waals surface area contributed by atoms with Gasteiger partial charge in [-0.3, -0.25) is 9.69 Å². The van der Waals surface area contributed by atoms with Gasteiger partial charge in [-0.05, 0) is 31.0 Å². The van der Waals surface area contributed by atoms with E-state index in [0.29, 0.717) is 24.7 Å². The van der Waals surface area contributed by atoms with E-state index in [4.69, 9.17) is 11.6 Å². The summed E-state index contributed by atoms with van der Waals surface area (Å²) in [6, 6.07) is 7.46. The summed E-state index contributed by atoms with van der Waals surface area (Å²) in [4.78, 5) is 24.7. The van der Waals surface area contributed by atoms with Gasteiger partial charge >= 0.3 is 0 Å². The molecule has 1 aliphatic rings. The Bertz CT molecular complexity index is 479. The third kappa shape index (κ3) is 4.32. The topological polar surface area (TPSA) is 49.4 Å². The molecular weight excluding hydrogens is 276 g/mol. The van der Waals surface area contributed by atoms with Crippen LogP contribution in [0.1, 0.15) is 18.4 Å². The van der Waals surface area contributed by atoms with Crippen molar-refractivity contribution in [1.29, 1.82) is 0 Å². The molecule has 5 heteroatoms. The molecule has 0 bridgehead atoms. The minimum Gasteiger partial charge on any atom is -0.351 e. The Kier molecular flexibility index (Phi) is 5.56. The number of likely N-dealkylation sites (tertiary alicyclic amines) is 1. The van der Waals surface area contributed by atoms with Crippen molar-refractivity contribution in [3.8, 4) is 0 Å². The van der Waals surface area contributed by atoms with Gasteiger partial charge in [0.05, 0.1) is 6.54 Å². The quantitative estimate of drug-likeness (QED) is 0.844. The fourth-order valence-corrected chi connectivity index (χ4v) is 2.64. The van der Waals surface area contributed by atoms with Crippen molar-refractivity contribution < 1.29 is 9.59 Å². The second-order valence-corrected chi connectivity index (χ2v) is 5.55. The molecule has 1 heterocycles. The Balaban J connectivity index is 1.78. The normalized spacial score (nSPS) is 19.6. The number of benzene rings is 1. The van der Waals surface area contributed by atoms with Crippen LogP contribution < -0.4 is 5.32 Å². The van der Waals surface area contributed by atoms with E-state index in [0.717, 1.165) is 31.2 Å². The molecule has 20 heavy (non-hydrogen) atoms. The number of aldehydes is 1. The summed E-state index contributed by atoms with van der Waals surface area (Å²) in [5.74, 6) is 0.0385. The van der Waals surface area contributed by atoms with Crippen LogP contribution in [0.4, 0.5) is 0 Å². The average Bonchev–Trinajstić information content (AvgIpc) is 2.46. The first kappa shape index (κ1) is 15.0. The predicted octanol–water partition coefficient (Wildman–Crippen LogP) is 1.87. The van der Waals surface area contributed by atoms with E-state index >= 15 is 0 Å². The lowest BCUT2D eigenvalue weighted by molar-refractivity contribution is -0.123. The van der Waals surface area contributed by atoms with Crippen LogP contribution in [0.25, 0.3) is 0 Å². The Hall–Kier alpha value is -1.39. The molecule has 1 aliphatic heterocycles. The molecule has 1 aromatic rings. The van der Waals surface area contributed by atoms with Gasteiger partial charge in [-0.1, -0.05) is 29.8 Å². The minimum absolute atomic E-state index is 0.0310. The molecule has 0 radical (unpaired) electrons. The summed E-state index contributed by atoms with van der Waals surface area (Å²) in [6.07, 6.45) is 2.90. The van der Waals surface area contributed by atoms with E-state index in [1.54, 1.807) is 0 Å². The SMILES string of the molecule is O=CC1CCCN(CC(=O)NCc2ccccc2Cl)C1. The maximum absolute atomic E-state index is 11.9. The molecule has 1 atom stereocenters. The van der Waals surface area contributed by atoms with Crippen molar-refractivity contribution in [3.63, 3.8) is 0 Å². The summed E-state index contributed by atoms with van der Waals surface area (Å²) < 4.78 is 0. The lowest BCUT2D eigenvalue weighted by atomic mass is 10.00. The molecule has 1 N–H and O–H groups in total. The standard InChI is InChI=1S/C15H19ClN2O2/c16-14-6-2-1-5-13(14)8-17-15(20)10-18-7-3-4-12(9-18)11-19/h1-2,5-6,11-12H,3-4,7-10H2,(H,17,20). The Morgan fingerprint density at radius 3 is 3.00 bits per heavy atom. The lowest BCUT2D eigenvalue weighted by Gasteiger charge is -2.29. The van der Waals surface area contributed by atoms with Gasteiger partial charge in [-0.2, -0.15) is 0 Å². The maximum atomic E-state index is 11.9. The third-order valence-corrected chi connectivity index (χ3v) is 3.90. The number of nitrogens with one attached hydrogen (secondary N) is 1. The van der Waals surface area contributed by atoms with Crippen LogP contribution >= 0.6 is 11.6 Å². The zero-order chi connectivity index (χ0) is 14.4. The highest BCUT2D eigenvalue weighted by molar-refractivity contribution is 6.31. The molecule has 4 nitrogen and oxygen atoms in total. The summed E-state index contributed by atoms with van der Waals surface area (Å²) in [5.41, 5.74) is 0.909. The number of piperidine rings is 1. The first-order valence-corrected chi connectivity index (χ1v) is 7.24. The number of hydrogen-bond donors (Lipinski definition) is 1. The van der Waals surface area contributed by atoms with E-state index in [9.17, 15) is 9.59 Å². The van der Waals surface area contributed by atoms with E-state index < -0.39 is 0 Å². The Labute approximate surface area is 124 Å². The highest BCUT2D eigenvalue weighted by Crippen LogP contribution is 2.15. The van der Waals surface area contributed by atoms with Gasteiger partial charge in [0, 0.05) is 24.0 Å². The van der Waals surface area contributed by atoms with E-state index in [1.807, 2.05) is 29.2 Å². The van der Waals surface area contributed by atoms with Crippen molar-refractivity contribution in [2.45, 2.75) is 19.4 Å². The first-order chi connectivity index (χ1) is 9.69. The number of halogens is 1. The molecule has 1 unspecified atom stereocenters. The Morgan fingerprint density at radius 2 is 2.25 bits per heavy atom. The number of carbonyl (C=O) groups is 2. The summed E-state index contributed by atoms with van der Waals surface area (Å²) in [5, 5.41) is 3.53. The predicted molar refractivity (Wildman–Crippen MR) is 78.5 cm³/mol. The molecular formula is C15H19ClN2O2. The summed E-state index contributed by atoms with van der Waals surface area (Å²) in [7, 11) is 0. The fraction of sp³-hybridized carbons (Fsp3) is 0.467. The van der Waals surface area contributed by atoms with Crippen LogP contribution in [-0.4, -0.2) is 36.7 Å². The number of carbonyl (C=O) groups excluding carboxylic acids is 2. The molecule has 2 rings (SSSR count). The van der Waals surface area contributed by atoms with Crippen LogP contribution in [-0.2, 0) is 16.1 Å². The molecule has 1 amide bonds. The zero-order valence-electron chi connectivity index (χ0n) is 11.3. The molecule has 0 aromatic heterocycles. The summed E-state index contributed by atoms with van der Waals surface area (Å²) >= 11 is 6.04. The van der Waals surface area contributed by atoms with Gasteiger partial charge in [0.15, 0.2) is 0 Å². The largest absolute Gasteiger partial charge is 0.351 e. The van der Waals surface area contributed by atoms with Crippen LogP contribution in [0.3, 0.4) is 0 Å². The number of nitrogens with zero attached hydrogens (tertiary/aromatic N) is 1. The first-order valence-electron chi connectivity index (χ1n) is 6.87.